The van der Waals surface area contributed by atoms with Crippen molar-refractivity contribution in [1.29, 1.82) is 0 Å². The summed E-state index contributed by atoms with van der Waals surface area (Å²) in [4.78, 5) is 11.1. The minimum atomic E-state index is -0.416. The van der Waals surface area contributed by atoms with E-state index in [2.05, 4.69) is 5.32 Å². The number of carbonyl (C=O) groups excluding carboxylic acids is 1. The summed E-state index contributed by atoms with van der Waals surface area (Å²) in [5.74, 6) is 0. The van der Waals surface area contributed by atoms with Crippen molar-refractivity contribution in [3.05, 3.63) is 0 Å². The van der Waals surface area contributed by atoms with E-state index in [0.29, 0.717) is 13.0 Å². The summed E-state index contributed by atoms with van der Waals surface area (Å²) in [7, 11) is 0. The van der Waals surface area contributed by atoms with Crippen molar-refractivity contribution in [2.45, 2.75) is 39.2 Å². The molecule has 0 aromatic rings. The van der Waals surface area contributed by atoms with Crippen molar-refractivity contribution in [1.82, 2.24) is 5.32 Å². The van der Waals surface area contributed by atoms with E-state index in [0.717, 1.165) is 6.42 Å². The lowest BCUT2D eigenvalue weighted by Crippen LogP contribution is -2.46. The number of rotatable bonds is 5. The first kappa shape index (κ1) is 12.2. The smallest absolute Gasteiger partial charge is 0.407 e. The number of alkyl carbamates (subject to hydrolysis) is 1. The lowest BCUT2D eigenvalue weighted by atomic mass is 9.95. The summed E-state index contributed by atoms with van der Waals surface area (Å²) in [6, 6.07) is 0. The van der Waals surface area contributed by atoms with Gasteiger partial charge in [-0.15, -0.1) is 0 Å². The van der Waals surface area contributed by atoms with E-state index in [1.54, 1.807) is 6.92 Å². The summed E-state index contributed by atoms with van der Waals surface area (Å²) in [6.45, 7) is 6.04. The van der Waals surface area contributed by atoms with Gasteiger partial charge in [-0.2, -0.15) is 0 Å². The minimum Gasteiger partial charge on any atom is -0.450 e. The fourth-order valence-electron chi connectivity index (χ4n) is 0.988. The number of aliphatic hydroxyl groups is 1. The Kier molecular flexibility index (Phi) is 5.46. The normalized spacial score (nSPS) is 14.8. The van der Waals surface area contributed by atoms with E-state index in [9.17, 15) is 4.79 Å². The van der Waals surface area contributed by atoms with Crippen LogP contribution < -0.4 is 5.32 Å². The van der Waals surface area contributed by atoms with E-state index in [1.165, 1.54) is 0 Å². The Hall–Kier alpha value is -0.770. The third-order valence-electron chi connectivity index (χ3n) is 2.12. The molecule has 1 atom stereocenters. The van der Waals surface area contributed by atoms with Crippen molar-refractivity contribution in [2.75, 3.05) is 13.2 Å². The van der Waals surface area contributed by atoms with Crippen LogP contribution in [0.2, 0.25) is 0 Å². The lowest BCUT2D eigenvalue weighted by Gasteiger charge is -2.28. The minimum absolute atomic E-state index is 0.0662. The number of carbonyl (C=O) groups is 1. The number of hydrogen-bond donors (Lipinski definition) is 2. The van der Waals surface area contributed by atoms with Crippen molar-refractivity contribution >= 4 is 6.09 Å². The Bertz CT molecular complexity index is 161. The molecule has 0 rings (SSSR count). The Labute approximate surface area is 79.3 Å². The molecule has 0 aliphatic carbocycles. The molecular formula is C9H19NO3. The largest absolute Gasteiger partial charge is 0.450 e. The number of hydrogen-bond acceptors (Lipinski definition) is 3. The van der Waals surface area contributed by atoms with Crippen LogP contribution >= 0.6 is 0 Å². The maximum Gasteiger partial charge on any atom is 0.407 e. The van der Waals surface area contributed by atoms with Crippen LogP contribution in [0.5, 0.6) is 0 Å². The highest BCUT2D eigenvalue weighted by atomic mass is 16.5. The highest BCUT2D eigenvalue weighted by Gasteiger charge is 2.23. The van der Waals surface area contributed by atoms with Crippen LogP contribution in [0.15, 0.2) is 0 Å². The van der Waals surface area contributed by atoms with E-state index < -0.39 is 6.09 Å². The van der Waals surface area contributed by atoms with Gasteiger partial charge in [0.25, 0.3) is 0 Å². The topological polar surface area (TPSA) is 58.6 Å². The lowest BCUT2D eigenvalue weighted by molar-refractivity contribution is 0.132. The summed E-state index contributed by atoms with van der Waals surface area (Å²) < 4.78 is 4.75. The second-order valence-electron chi connectivity index (χ2n) is 3.23. The number of amides is 1. The monoisotopic (exact) mass is 189 g/mol. The molecule has 13 heavy (non-hydrogen) atoms. The van der Waals surface area contributed by atoms with Crippen molar-refractivity contribution < 1.29 is 14.6 Å². The van der Waals surface area contributed by atoms with Gasteiger partial charge in [0.2, 0.25) is 0 Å². The molecule has 0 saturated heterocycles. The summed E-state index contributed by atoms with van der Waals surface area (Å²) in [6.07, 6.45) is 0.898. The molecule has 0 spiro atoms. The highest BCUT2D eigenvalue weighted by Crippen LogP contribution is 2.13. The van der Waals surface area contributed by atoms with E-state index >= 15 is 0 Å². The Morgan fingerprint density at radius 1 is 1.54 bits per heavy atom. The molecule has 0 heterocycles. The van der Waals surface area contributed by atoms with Crippen LogP contribution in [0.25, 0.3) is 0 Å². The van der Waals surface area contributed by atoms with Gasteiger partial charge in [0, 0.05) is 12.1 Å². The van der Waals surface area contributed by atoms with E-state index in [4.69, 9.17) is 9.84 Å². The molecule has 0 aromatic carbocycles. The second kappa shape index (κ2) is 5.80. The fraction of sp³-hybridized carbons (Fsp3) is 0.889. The summed E-state index contributed by atoms with van der Waals surface area (Å²) >= 11 is 0. The summed E-state index contributed by atoms with van der Waals surface area (Å²) in [5.41, 5.74) is -0.360. The molecule has 1 amide bonds. The van der Waals surface area contributed by atoms with E-state index in [-0.39, 0.29) is 12.1 Å². The first-order valence-corrected chi connectivity index (χ1v) is 4.63. The molecule has 1 unspecified atom stereocenters. The van der Waals surface area contributed by atoms with Crippen LogP contribution in [-0.2, 0) is 4.74 Å². The maximum absolute atomic E-state index is 11.1. The number of aliphatic hydroxyl groups excluding tert-OH is 1. The standard InChI is InChI=1S/C9H19NO3/c1-4-9(3,6-7-11)10-8(12)13-5-2/h11H,4-7H2,1-3H3,(H,10,12). The summed E-state index contributed by atoms with van der Waals surface area (Å²) in [5, 5.41) is 11.5. The number of ether oxygens (including phenoxy) is 1. The Balaban J connectivity index is 4.02. The van der Waals surface area contributed by atoms with Crippen molar-refractivity contribution in [2.24, 2.45) is 0 Å². The first-order valence-electron chi connectivity index (χ1n) is 4.63. The zero-order valence-electron chi connectivity index (χ0n) is 8.59. The zero-order chi connectivity index (χ0) is 10.3. The first-order chi connectivity index (χ1) is 6.08. The van der Waals surface area contributed by atoms with E-state index in [1.807, 2.05) is 13.8 Å². The van der Waals surface area contributed by atoms with Crippen molar-refractivity contribution in [3.8, 4) is 0 Å². The van der Waals surface area contributed by atoms with Gasteiger partial charge in [0.05, 0.1) is 6.61 Å². The predicted molar refractivity (Wildman–Crippen MR) is 50.6 cm³/mol. The van der Waals surface area contributed by atoms with Gasteiger partial charge in [0.15, 0.2) is 0 Å². The van der Waals surface area contributed by atoms with Crippen LogP contribution in [0.1, 0.15) is 33.6 Å². The third kappa shape index (κ3) is 4.72. The molecule has 0 bridgehead atoms. The van der Waals surface area contributed by atoms with Crippen LogP contribution in [0.3, 0.4) is 0 Å². The molecular weight excluding hydrogens is 170 g/mol. The molecule has 0 fully saturated rings. The van der Waals surface area contributed by atoms with Crippen LogP contribution in [0, 0.1) is 0 Å². The predicted octanol–water partition coefficient (Wildman–Crippen LogP) is 1.28. The van der Waals surface area contributed by atoms with Crippen LogP contribution in [-0.4, -0.2) is 30.0 Å². The molecule has 78 valence electrons. The molecule has 4 nitrogen and oxygen atoms in total. The van der Waals surface area contributed by atoms with Crippen LogP contribution in [0.4, 0.5) is 4.79 Å². The van der Waals surface area contributed by atoms with Gasteiger partial charge in [-0.1, -0.05) is 6.92 Å². The second-order valence-corrected chi connectivity index (χ2v) is 3.23. The average Bonchev–Trinajstić information content (AvgIpc) is 2.05. The third-order valence-corrected chi connectivity index (χ3v) is 2.12. The maximum atomic E-state index is 11.1. The Morgan fingerprint density at radius 2 is 2.15 bits per heavy atom. The molecule has 0 aliphatic rings. The van der Waals surface area contributed by atoms with Gasteiger partial charge in [-0.05, 0) is 26.7 Å². The van der Waals surface area contributed by atoms with Gasteiger partial charge >= 0.3 is 6.09 Å². The van der Waals surface area contributed by atoms with Gasteiger partial charge in [0.1, 0.15) is 0 Å². The number of nitrogens with one attached hydrogen (secondary N) is 1. The zero-order valence-corrected chi connectivity index (χ0v) is 8.59. The highest BCUT2D eigenvalue weighted by molar-refractivity contribution is 5.68. The van der Waals surface area contributed by atoms with Gasteiger partial charge in [-0.25, -0.2) is 4.79 Å². The molecule has 2 N–H and O–H groups in total. The molecule has 0 aliphatic heterocycles. The molecule has 0 saturated carbocycles. The van der Waals surface area contributed by atoms with Gasteiger partial charge < -0.3 is 15.2 Å². The Morgan fingerprint density at radius 3 is 2.54 bits per heavy atom. The molecule has 0 aromatic heterocycles. The quantitative estimate of drug-likeness (QED) is 0.685. The average molecular weight is 189 g/mol. The van der Waals surface area contributed by atoms with Gasteiger partial charge in [-0.3, -0.25) is 0 Å². The molecule has 0 radical (unpaired) electrons. The fourth-order valence-corrected chi connectivity index (χ4v) is 0.988. The van der Waals surface area contributed by atoms with Crippen molar-refractivity contribution in [3.63, 3.8) is 0 Å². The molecule has 4 heteroatoms. The SMILES string of the molecule is CCOC(=O)NC(C)(CC)CCO.